The van der Waals surface area contributed by atoms with Crippen molar-refractivity contribution >= 4 is 36.0 Å². The van der Waals surface area contributed by atoms with Gasteiger partial charge >= 0.3 is 6.09 Å². The maximum Gasteiger partial charge on any atom is 0.410 e. The minimum Gasteiger partial charge on any atom is -0.497 e. The SMILES string of the molecule is CN=C(NCc1cccc(OC)c1)NCC(C)CN(C)C(=O)OC(C)(C)C.I. The summed E-state index contributed by atoms with van der Waals surface area (Å²) in [6, 6.07) is 7.89. The molecule has 1 atom stereocenters. The highest BCUT2D eigenvalue weighted by atomic mass is 127. The van der Waals surface area contributed by atoms with Crippen LogP contribution < -0.4 is 15.4 Å². The van der Waals surface area contributed by atoms with Crippen molar-refractivity contribution in [1.82, 2.24) is 15.5 Å². The van der Waals surface area contributed by atoms with E-state index in [4.69, 9.17) is 9.47 Å². The van der Waals surface area contributed by atoms with Gasteiger partial charge in [-0.2, -0.15) is 0 Å². The number of halogens is 1. The molecule has 0 aromatic heterocycles. The highest BCUT2D eigenvalue weighted by Crippen LogP contribution is 2.12. The number of carbonyl (C=O) groups is 1. The van der Waals surface area contributed by atoms with Crippen molar-refractivity contribution in [2.45, 2.75) is 39.8 Å². The first-order chi connectivity index (χ1) is 12.6. The van der Waals surface area contributed by atoms with E-state index >= 15 is 0 Å². The molecule has 7 nitrogen and oxygen atoms in total. The third-order valence-corrected chi connectivity index (χ3v) is 3.73. The van der Waals surface area contributed by atoms with Gasteiger partial charge < -0.3 is 25.0 Å². The molecule has 0 aliphatic carbocycles. The first-order valence-electron chi connectivity index (χ1n) is 9.16. The number of guanidine groups is 1. The van der Waals surface area contributed by atoms with Gasteiger partial charge in [-0.25, -0.2) is 4.79 Å². The topological polar surface area (TPSA) is 75.2 Å². The second-order valence-corrected chi connectivity index (χ2v) is 7.62. The Hall–Kier alpha value is -1.71. The number of nitrogens with zero attached hydrogens (tertiary/aromatic N) is 2. The zero-order chi connectivity index (χ0) is 20.4. The van der Waals surface area contributed by atoms with Gasteiger partial charge in [-0.3, -0.25) is 4.99 Å². The molecule has 8 heteroatoms. The summed E-state index contributed by atoms with van der Waals surface area (Å²) in [5.74, 6) is 1.78. The van der Waals surface area contributed by atoms with Crippen LogP contribution in [0.5, 0.6) is 5.75 Å². The molecule has 1 amide bonds. The average Bonchev–Trinajstić information content (AvgIpc) is 2.60. The summed E-state index contributed by atoms with van der Waals surface area (Å²) in [7, 11) is 5.14. The number of methoxy groups -OCH3 is 1. The summed E-state index contributed by atoms with van der Waals surface area (Å²) in [4.78, 5) is 17.9. The Morgan fingerprint density at radius 2 is 1.96 bits per heavy atom. The average molecular weight is 506 g/mol. The van der Waals surface area contributed by atoms with Crippen LogP contribution in [0.15, 0.2) is 29.3 Å². The zero-order valence-corrected chi connectivity index (χ0v) is 20.4. The summed E-state index contributed by atoms with van der Waals surface area (Å²) in [6.07, 6.45) is -0.310. The van der Waals surface area contributed by atoms with Crippen molar-refractivity contribution < 1.29 is 14.3 Å². The van der Waals surface area contributed by atoms with Gasteiger partial charge in [0, 0.05) is 33.7 Å². The Bertz CT molecular complexity index is 632. The largest absolute Gasteiger partial charge is 0.497 e. The third kappa shape index (κ3) is 10.6. The fourth-order valence-corrected chi connectivity index (χ4v) is 2.41. The van der Waals surface area contributed by atoms with E-state index in [1.54, 1.807) is 26.1 Å². The molecule has 0 heterocycles. The number of rotatable bonds is 7. The van der Waals surface area contributed by atoms with E-state index in [2.05, 4.69) is 22.5 Å². The van der Waals surface area contributed by atoms with Gasteiger partial charge in [0.1, 0.15) is 11.4 Å². The van der Waals surface area contributed by atoms with Crippen LogP contribution in [0.25, 0.3) is 0 Å². The quantitative estimate of drug-likeness (QED) is 0.337. The second kappa shape index (κ2) is 12.7. The minimum atomic E-state index is -0.487. The standard InChI is InChI=1S/C20H34N4O3.HI/c1-15(14-24(6)19(25)27-20(2,3)4)12-22-18(21-5)23-13-16-9-8-10-17(11-16)26-7;/h8-11,15H,12-14H2,1-7H3,(H2,21,22,23);1H. The molecule has 0 spiro atoms. The van der Waals surface area contributed by atoms with Crippen LogP contribution in [0, 0.1) is 5.92 Å². The van der Waals surface area contributed by atoms with E-state index in [-0.39, 0.29) is 36.0 Å². The molecule has 0 aliphatic heterocycles. The van der Waals surface area contributed by atoms with Crippen molar-refractivity contribution in [2.75, 3.05) is 34.3 Å². The summed E-state index contributed by atoms with van der Waals surface area (Å²) < 4.78 is 10.6. The van der Waals surface area contributed by atoms with Gasteiger partial charge in [0.15, 0.2) is 5.96 Å². The van der Waals surface area contributed by atoms with Crippen molar-refractivity contribution in [3.8, 4) is 5.75 Å². The Kier molecular flexibility index (Phi) is 11.9. The number of aliphatic imine (C=N–C) groups is 1. The van der Waals surface area contributed by atoms with Crippen LogP contribution in [0.2, 0.25) is 0 Å². The van der Waals surface area contributed by atoms with Crippen molar-refractivity contribution in [2.24, 2.45) is 10.9 Å². The molecule has 0 bridgehead atoms. The van der Waals surface area contributed by atoms with Gasteiger partial charge in [-0.1, -0.05) is 19.1 Å². The molecule has 0 saturated heterocycles. The number of carbonyl (C=O) groups excluding carboxylic acids is 1. The molecular weight excluding hydrogens is 471 g/mol. The van der Waals surface area contributed by atoms with Crippen molar-refractivity contribution in [3.05, 3.63) is 29.8 Å². The lowest BCUT2D eigenvalue weighted by Crippen LogP contribution is -2.42. The molecule has 1 unspecified atom stereocenters. The molecular formula is C20H35IN4O3. The van der Waals surface area contributed by atoms with Crippen LogP contribution >= 0.6 is 24.0 Å². The number of hydrogen-bond donors (Lipinski definition) is 2. The van der Waals surface area contributed by atoms with Gasteiger partial charge in [0.25, 0.3) is 0 Å². The van der Waals surface area contributed by atoms with Gasteiger partial charge in [0.05, 0.1) is 7.11 Å². The molecule has 2 N–H and O–H groups in total. The third-order valence-electron chi connectivity index (χ3n) is 3.73. The van der Waals surface area contributed by atoms with E-state index in [0.29, 0.717) is 25.6 Å². The fraction of sp³-hybridized carbons (Fsp3) is 0.600. The zero-order valence-electron chi connectivity index (χ0n) is 18.0. The van der Waals surface area contributed by atoms with Crippen LogP contribution in [0.4, 0.5) is 4.79 Å². The second-order valence-electron chi connectivity index (χ2n) is 7.62. The lowest BCUT2D eigenvalue weighted by molar-refractivity contribution is 0.0278. The summed E-state index contributed by atoms with van der Waals surface area (Å²) >= 11 is 0. The smallest absolute Gasteiger partial charge is 0.410 e. The van der Waals surface area contributed by atoms with Crippen molar-refractivity contribution in [1.29, 1.82) is 0 Å². The first-order valence-corrected chi connectivity index (χ1v) is 9.16. The summed E-state index contributed by atoms with van der Waals surface area (Å²) in [5, 5.41) is 6.57. The van der Waals surface area contributed by atoms with Crippen LogP contribution in [-0.4, -0.2) is 56.8 Å². The number of ether oxygens (including phenoxy) is 2. The summed E-state index contributed by atoms with van der Waals surface area (Å²) in [6.45, 7) is 9.58. The van der Waals surface area contributed by atoms with Gasteiger partial charge in [-0.15, -0.1) is 24.0 Å². The summed E-state index contributed by atoms with van der Waals surface area (Å²) in [5.41, 5.74) is 0.619. The van der Waals surface area contributed by atoms with Crippen molar-refractivity contribution in [3.63, 3.8) is 0 Å². The van der Waals surface area contributed by atoms with E-state index < -0.39 is 5.60 Å². The molecule has 0 aliphatic rings. The lowest BCUT2D eigenvalue weighted by Gasteiger charge is -2.26. The minimum absolute atomic E-state index is 0. The van der Waals surface area contributed by atoms with Crippen LogP contribution in [0.3, 0.4) is 0 Å². The predicted molar refractivity (Wildman–Crippen MR) is 125 cm³/mol. The Morgan fingerprint density at radius 1 is 1.29 bits per heavy atom. The molecule has 1 aromatic rings. The Balaban J connectivity index is 0.00000729. The van der Waals surface area contributed by atoms with E-state index in [1.165, 1.54) is 0 Å². The van der Waals surface area contributed by atoms with Gasteiger partial charge in [0.2, 0.25) is 0 Å². The predicted octanol–water partition coefficient (Wildman–Crippen LogP) is 3.48. The first kappa shape index (κ1) is 26.3. The number of nitrogens with one attached hydrogen (secondary N) is 2. The maximum absolute atomic E-state index is 12.0. The van der Waals surface area contributed by atoms with E-state index in [9.17, 15) is 4.79 Å². The highest BCUT2D eigenvalue weighted by Gasteiger charge is 2.20. The Morgan fingerprint density at radius 3 is 2.54 bits per heavy atom. The molecule has 1 aromatic carbocycles. The van der Waals surface area contributed by atoms with E-state index in [1.807, 2.05) is 45.0 Å². The highest BCUT2D eigenvalue weighted by molar-refractivity contribution is 14.0. The van der Waals surface area contributed by atoms with Gasteiger partial charge in [-0.05, 0) is 44.4 Å². The molecule has 28 heavy (non-hydrogen) atoms. The number of benzene rings is 1. The van der Waals surface area contributed by atoms with Crippen LogP contribution in [-0.2, 0) is 11.3 Å². The molecule has 0 radical (unpaired) electrons. The monoisotopic (exact) mass is 506 g/mol. The number of amides is 1. The Labute approximate surface area is 186 Å². The maximum atomic E-state index is 12.0. The number of hydrogen-bond acceptors (Lipinski definition) is 4. The molecule has 0 saturated carbocycles. The molecule has 160 valence electrons. The molecule has 1 rings (SSSR count). The lowest BCUT2D eigenvalue weighted by atomic mass is 10.1. The van der Waals surface area contributed by atoms with E-state index in [0.717, 1.165) is 11.3 Å². The van der Waals surface area contributed by atoms with Crippen LogP contribution in [0.1, 0.15) is 33.3 Å². The normalized spacial score (nSPS) is 12.5. The fourth-order valence-electron chi connectivity index (χ4n) is 2.41. The molecule has 0 fully saturated rings.